The van der Waals surface area contributed by atoms with Gasteiger partial charge in [-0.1, -0.05) is 12.1 Å². The molecule has 1 aliphatic heterocycles. The minimum atomic E-state index is -4.46. The first-order valence-electron chi connectivity index (χ1n) is 10.9. The van der Waals surface area contributed by atoms with Gasteiger partial charge in [-0.3, -0.25) is 4.79 Å². The zero-order chi connectivity index (χ0) is 24.8. The van der Waals surface area contributed by atoms with E-state index < -0.39 is 27.6 Å². The van der Waals surface area contributed by atoms with Crippen LogP contribution in [0.5, 0.6) is 0 Å². The molecule has 0 saturated carbocycles. The molecule has 1 aliphatic rings. The molecule has 0 aliphatic carbocycles. The molecule has 182 valence electrons. The van der Waals surface area contributed by atoms with Gasteiger partial charge in [0.1, 0.15) is 9.84 Å². The summed E-state index contributed by atoms with van der Waals surface area (Å²) in [5, 5.41) is 12.7. The molecule has 1 aromatic carbocycles. The predicted octanol–water partition coefficient (Wildman–Crippen LogP) is 4.35. The summed E-state index contributed by atoms with van der Waals surface area (Å²) >= 11 is 0. The number of pyridine rings is 1. The summed E-state index contributed by atoms with van der Waals surface area (Å²) in [6.45, 7) is 4.89. The highest BCUT2D eigenvalue weighted by Gasteiger charge is 2.33. The Morgan fingerprint density at radius 3 is 2.44 bits per heavy atom. The smallest absolute Gasteiger partial charge is 0.361 e. The van der Waals surface area contributed by atoms with E-state index >= 15 is 0 Å². The number of fused-ring (bicyclic) bond motifs is 1. The highest BCUT2D eigenvalue weighted by Crippen LogP contribution is 2.35. The van der Waals surface area contributed by atoms with Crippen molar-refractivity contribution in [2.75, 3.05) is 16.8 Å². The molecule has 11 heteroatoms. The van der Waals surface area contributed by atoms with Gasteiger partial charge in [0.2, 0.25) is 0 Å². The third-order valence-corrected chi connectivity index (χ3v) is 8.16. The van der Waals surface area contributed by atoms with Crippen molar-refractivity contribution in [2.24, 2.45) is 0 Å². The third kappa shape index (κ3) is 4.66. The topological polar surface area (TPSA) is 93.9 Å². The normalized spacial score (nSPS) is 17.6. The molecule has 1 saturated heterocycles. The Kier molecular flexibility index (Phi) is 6.17. The summed E-state index contributed by atoms with van der Waals surface area (Å²) in [4.78, 5) is 12.8. The summed E-state index contributed by atoms with van der Waals surface area (Å²) in [7, 11) is -3.09. The van der Waals surface area contributed by atoms with E-state index in [1.54, 1.807) is 26.1 Å². The van der Waals surface area contributed by atoms with Gasteiger partial charge in [-0.05, 0) is 50.8 Å². The average Bonchev–Trinajstić information content (AvgIpc) is 2.75. The van der Waals surface area contributed by atoms with E-state index in [4.69, 9.17) is 0 Å². The van der Waals surface area contributed by atoms with E-state index in [2.05, 4.69) is 15.5 Å². The van der Waals surface area contributed by atoms with Crippen molar-refractivity contribution < 1.29 is 21.6 Å². The van der Waals surface area contributed by atoms with Crippen molar-refractivity contribution in [3.8, 4) is 0 Å². The Hall–Kier alpha value is -2.95. The molecule has 1 N–H and O–H groups in total. The lowest BCUT2D eigenvalue weighted by Crippen LogP contribution is -2.31. The number of halogens is 3. The molecular weight excluding hydrogens is 469 g/mol. The Morgan fingerprint density at radius 1 is 1.12 bits per heavy atom. The van der Waals surface area contributed by atoms with Gasteiger partial charge in [0.25, 0.3) is 5.56 Å². The van der Waals surface area contributed by atoms with Crippen molar-refractivity contribution in [2.45, 2.75) is 51.9 Å². The fourth-order valence-corrected chi connectivity index (χ4v) is 6.00. The van der Waals surface area contributed by atoms with Gasteiger partial charge < -0.3 is 9.88 Å². The lowest BCUT2D eigenvalue weighted by atomic mass is 9.97. The Balaban J connectivity index is 1.74. The number of aryl methyl sites for hydroxylation is 1. The van der Waals surface area contributed by atoms with Gasteiger partial charge >= 0.3 is 6.18 Å². The summed E-state index contributed by atoms with van der Waals surface area (Å²) in [6.07, 6.45) is -2.13. The fourth-order valence-electron chi connectivity index (χ4n) is 4.53. The number of nitrogens with one attached hydrogen (secondary N) is 1. The van der Waals surface area contributed by atoms with E-state index in [1.165, 1.54) is 23.6 Å². The SMILES string of the molecule is Cc1c([C@@H](C)Nc2nnc(C)c3cc(=O)n(C4CCS(=O)(=O)CC4)cc23)cccc1C(F)(F)F. The van der Waals surface area contributed by atoms with Crippen LogP contribution in [0.3, 0.4) is 0 Å². The van der Waals surface area contributed by atoms with E-state index in [0.717, 1.165) is 6.07 Å². The Labute approximate surface area is 194 Å². The van der Waals surface area contributed by atoms with Crippen LogP contribution in [0.25, 0.3) is 10.8 Å². The third-order valence-electron chi connectivity index (χ3n) is 6.44. The standard InChI is InChI=1S/C23H25F3N4O3S/c1-13-17(5-4-6-20(13)23(24,25)26)14(2)27-22-19-12-30(16-7-9-34(32,33)10-8-16)21(31)11-18(19)15(3)28-29-22/h4-6,11-12,14,16H,7-10H2,1-3H3,(H,27,29)/t14-/m1/s1. The molecule has 3 aromatic rings. The lowest BCUT2D eigenvalue weighted by Gasteiger charge is -2.25. The lowest BCUT2D eigenvalue weighted by molar-refractivity contribution is -0.138. The number of hydrogen-bond acceptors (Lipinski definition) is 6. The molecule has 1 fully saturated rings. The summed E-state index contributed by atoms with van der Waals surface area (Å²) < 4.78 is 65.2. The van der Waals surface area contributed by atoms with E-state index in [0.29, 0.717) is 40.7 Å². The predicted molar refractivity (Wildman–Crippen MR) is 124 cm³/mol. The molecule has 3 heterocycles. The maximum absolute atomic E-state index is 13.4. The van der Waals surface area contributed by atoms with Crippen molar-refractivity contribution in [3.63, 3.8) is 0 Å². The van der Waals surface area contributed by atoms with Gasteiger partial charge in [0.15, 0.2) is 5.82 Å². The fraction of sp³-hybridized carbons (Fsp3) is 0.435. The number of aromatic nitrogens is 3. The molecular formula is C23H25F3N4O3S. The van der Waals surface area contributed by atoms with Gasteiger partial charge in [-0.2, -0.15) is 18.3 Å². The highest BCUT2D eigenvalue weighted by molar-refractivity contribution is 7.91. The maximum Gasteiger partial charge on any atom is 0.416 e. The van der Waals surface area contributed by atoms with Gasteiger partial charge in [-0.25, -0.2) is 8.42 Å². The van der Waals surface area contributed by atoms with Crippen LogP contribution in [-0.4, -0.2) is 34.7 Å². The van der Waals surface area contributed by atoms with E-state index in [9.17, 15) is 26.4 Å². The van der Waals surface area contributed by atoms with Crippen molar-refractivity contribution in [3.05, 3.63) is 63.2 Å². The number of benzene rings is 1. The molecule has 0 amide bonds. The number of alkyl halides is 3. The largest absolute Gasteiger partial charge is 0.416 e. The Bertz CT molecular complexity index is 1400. The van der Waals surface area contributed by atoms with Gasteiger partial charge in [0.05, 0.1) is 28.8 Å². The van der Waals surface area contributed by atoms with Crippen molar-refractivity contribution >= 4 is 26.4 Å². The van der Waals surface area contributed by atoms with Crippen molar-refractivity contribution in [1.29, 1.82) is 0 Å². The van der Waals surface area contributed by atoms with Crippen LogP contribution in [-0.2, 0) is 16.0 Å². The number of anilines is 1. The van der Waals surface area contributed by atoms with Crippen LogP contribution < -0.4 is 10.9 Å². The molecule has 4 rings (SSSR count). The highest BCUT2D eigenvalue weighted by atomic mass is 32.2. The maximum atomic E-state index is 13.4. The van der Waals surface area contributed by atoms with E-state index in [-0.39, 0.29) is 28.7 Å². The molecule has 0 unspecified atom stereocenters. The molecule has 2 aromatic heterocycles. The molecule has 34 heavy (non-hydrogen) atoms. The first kappa shape index (κ1) is 24.2. The second kappa shape index (κ2) is 8.68. The molecule has 0 bridgehead atoms. The molecule has 7 nitrogen and oxygen atoms in total. The Morgan fingerprint density at radius 2 is 1.79 bits per heavy atom. The molecule has 1 atom stereocenters. The van der Waals surface area contributed by atoms with Crippen LogP contribution in [0.2, 0.25) is 0 Å². The van der Waals surface area contributed by atoms with Gasteiger partial charge in [0, 0.05) is 29.1 Å². The number of nitrogens with zero attached hydrogens (tertiary/aromatic N) is 3. The quantitative estimate of drug-likeness (QED) is 0.580. The average molecular weight is 495 g/mol. The zero-order valence-electron chi connectivity index (χ0n) is 19.0. The van der Waals surface area contributed by atoms with Crippen LogP contribution >= 0.6 is 0 Å². The van der Waals surface area contributed by atoms with E-state index in [1.807, 2.05) is 0 Å². The van der Waals surface area contributed by atoms with Crippen LogP contribution in [0, 0.1) is 13.8 Å². The summed E-state index contributed by atoms with van der Waals surface area (Å²) in [5.74, 6) is 0.376. The zero-order valence-corrected chi connectivity index (χ0v) is 19.8. The second-order valence-electron chi connectivity index (χ2n) is 8.75. The first-order chi connectivity index (χ1) is 15.9. The summed E-state index contributed by atoms with van der Waals surface area (Å²) in [5.41, 5.74) is 0.176. The monoisotopic (exact) mass is 494 g/mol. The van der Waals surface area contributed by atoms with Gasteiger partial charge in [-0.15, -0.1) is 5.10 Å². The molecule has 0 spiro atoms. The van der Waals surface area contributed by atoms with Crippen LogP contribution in [0.1, 0.15) is 54.2 Å². The minimum Gasteiger partial charge on any atom is -0.361 e. The molecule has 0 radical (unpaired) electrons. The van der Waals surface area contributed by atoms with Crippen LogP contribution in [0.4, 0.5) is 19.0 Å². The summed E-state index contributed by atoms with van der Waals surface area (Å²) in [6, 6.07) is 4.72. The number of hydrogen-bond donors (Lipinski definition) is 1. The number of rotatable bonds is 4. The minimum absolute atomic E-state index is 0.0206. The first-order valence-corrected chi connectivity index (χ1v) is 12.7. The van der Waals surface area contributed by atoms with Crippen LogP contribution in [0.15, 0.2) is 35.3 Å². The second-order valence-corrected chi connectivity index (χ2v) is 11.1. The number of sulfone groups is 1. The van der Waals surface area contributed by atoms with Crippen molar-refractivity contribution in [1.82, 2.24) is 14.8 Å².